The molecule has 1 heterocycles. The molecule has 0 aliphatic rings. The van der Waals surface area contributed by atoms with Gasteiger partial charge in [0.1, 0.15) is 15.9 Å². The van der Waals surface area contributed by atoms with Crippen LogP contribution in [-0.2, 0) is 9.84 Å². The van der Waals surface area contributed by atoms with Crippen molar-refractivity contribution in [2.24, 2.45) is 0 Å². The third-order valence-corrected chi connectivity index (χ3v) is 6.47. The highest BCUT2D eigenvalue weighted by Gasteiger charge is 2.21. The molecule has 0 N–H and O–H groups in total. The Morgan fingerprint density at radius 2 is 1.87 bits per heavy atom. The van der Waals surface area contributed by atoms with Gasteiger partial charge in [0.05, 0.1) is 11.5 Å². The van der Waals surface area contributed by atoms with E-state index in [2.05, 4.69) is 0 Å². The molecule has 0 radical (unpaired) electrons. The molecule has 30 heavy (non-hydrogen) atoms. The molecule has 0 unspecified atom stereocenters. The van der Waals surface area contributed by atoms with E-state index >= 15 is 0 Å². The number of hydrogen-bond acceptors (Lipinski definition) is 7. The molecule has 0 bridgehead atoms. The third kappa shape index (κ3) is 4.76. The Balaban J connectivity index is 1.95. The lowest BCUT2D eigenvalue weighted by molar-refractivity contribution is 0.0733. The minimum atomic E-state index is -3.96. The molecule has 3 aromatic rings. The van der Waals surface area contributed by atoms with Gasteiger partial charge in [0.15, 0.2) is 11.5 Å². The molecule has 0 aliphatic heterocycles. The van der Waals surface area contributed by atoms with Crippen LogP contribution in [0.15, 0.2) is 75.8 Å². The van der Waals surface area contributed by atoms with E-state index in [1.807, 2.05) is 0 Å². The molecule has 3 rings (SSSR count). The molecule has 0 atom stereocenters. The van der Waals surface area contributed by atoms with Gasteiger partial charge in [0.25, 0.3) is 0 Å². The van der Waals surface area contributed by atoms with Gasteiger partial charge in [-0.2, -0.15) is 5.26 Å². The summed E-state index contributed by atoms with van der Waals surface area (Å²) in [4.78, 5) is 12.3. The number of sulfone groups is 1. The first-order valence-corrected chi connectivity index (χ1v) is 11.3. The summed E-state index contributed by atoms with van der Waals surface area (Å²) >= 11 is 1.26. The number of thiophene rings is 1. The third-order valence-electron chi connectivity index (χ3n) is 3.94. The maximum atomic E-state index is 12.7. The van der Waals surface area contributed by atoms with Crippen molar-refractivity contribution in [2.45, 2.75) is 11.8 Å². The summed E-state index contributed by atoms with van der Waals surface area (Å²) in [6, 6.07) is 17.5. The van der Waals surface area contributed by atoms with E-state index in [4.69, 9.17) is 9.47 Å². The Morgan fingerprint density at radius 3 is 2.50 bits per heavy atom. The van der Waals surface area contributed by atoms with Crippen molar-refractivity contribution in [1.82, 2.24) is 0 Å². The lowest BCUT2D eigenvalue weighted by atomic mass is 10.2. The van der Waals surface area contributed by atoms with E-state index in [9.17, 15) is 18.5 Å². The first kappa shape index (κ1) is 21.3. The minimum Gasteiger partial charge on any atom is -0.490 e. The van der Waals surface area contributed by atoms with Crippen molar-refractivity contribution >= 4 is 33.2 Å². The molecule has 152 valence electrons. The summed E-state index contributed by atoms with van der Waals surface area (Å²) < 4.78 is 36.4. The monoisotopic (exact) mass is 439 g/mol. The molecule has 8 heteroatoms. The van der Waals surface area contributed by atoms with Crippen LogP contribution in [0.4, 0.5) is 0 Å². The van der Waals surface area contributed by atoms with Gasteiger partial charge >= 0.3 is 5.97 Å². The van der Waals surface area contributed by atoms with E-state index in [0.29, 0.717) is 17.0 Å². The van der Waals surface area contributed by atoms with Gasteiger partial charge in [-0.3, -0.25) is 0 Å². The standard InChI is InChI=1S/C22H17NO5S2/c1-2-27-20-14-16(10-11-19(20)28-22(24)21-9-6-12-29-21)13-18(15-23)30(25,26)17-7-4-3-5-8-17/h3-14H,2H2,1H3/b18-13+. The van der Waals surface area contributed by atoms with E-state index in [1.165, 1.54) is 41.7 Å². The van der Waals surface area contributed by atoms with Crippen molar-refractivity contribution in [2.75, 3.05) is 6.61 Å². The van der Waals surface area contributed by atoms with E-state index in [-0.39, 0.29) is 16.4 Å². The minimum absolute atomic E-state index is 0.0318. The average molecular weight is 440 g/mol. The van der Waals surface area contributed by atoms with Crippen molar-refractivity contribution in [3.05, 3.63) is 81.4 Å². The van der Waals surface area contributed by atoms with Crippen LogP contribution in [0, 0.1) is 11.3 Å². The number of ether oxygens (including phenoxy) is 2. The van der Waals surface area contributed by atoms with Crippen molar-refractivity contribution in [3.8, 4) is 17.6 Å². The maximum absolute atomic E-state index is 12.7. The highest BCUT2D eigenvalue weighted by Crippen LogP contribution is 2.31. The zero-order chi connectivity index (χ0) is 21.6. The average Bonchev–Trinajstić information content (AvgIpc) is 3.29. The molecule has 0 fully saturated rings. The van der Waals surface area contributed by atoms with E-state index in [0.717, 1.165) is 0 Å². The summed E-state index contributed by atoms with van der Waals surface area (Å²) in [5.41, 5.74) is 0.422. The molecule has 0 saturated carbocycles. The van der Waals surface area contributed by atoms with Crippen LogP contribution >= 0.6 is 11.3 Å². The predicted octanol–water partition coefficient (Wildman–Crippen LogP) is 4.70. The lowest BCUT2D eigenvalue weighted by Gasteiger charge is -2.11. The number of allylic oxidation sites excluding steroid dienone is 1. The van der Waals surface area contributed by atoms with E-state index in [1.54, 1.807) is 54.8 Å². The smallest absolute Gasteiger partial charge is 0.353 e. The number of benzene rings is 2. The van der Waals surface area contributed by atoms with Crippen LogP contribution in [0.1, 0.15) is 22.2 Å². The van der Waals surface area contributed by atoms with Crippen LogP contribution in [0.2, 0.25) is 0 Å². The Hall–Kier alpha value is -3.41. The van der Waals surface area contributed by atoms with E-state index < -0.39 is 20.7 Å². The van der Waals surface area contributed by atoms with Gasteiger partial charge in [0, 0.05) is 0 Å². The second kappa shape index (κ2) is 9.39. The van der Waals surface area contributed by atoms with Gasteiger partial charge in [-0.15, -0.1) is 11.3 Å². The van der Waals surface area contributed by atoms with Crippen LogP contribution in [-0.4, -0.2) is 21.0 Å². The molecule has 1 aromatic heterocycles. The Labute approximate surface area is 178 Å². The SMILES string of the molecule is CCOc1cc(/C=C(\C#N)S(=O)(=O)c2ccccc2)ccc1OC(=O)c1cccs1. The summed E-state index contributed by atoms with van der Waals surface area (Å²) in [6.07, 6.45) is 1.26. The fourth-order valence-corrected chi connectivity index (χ4v) is 4.34. The number of esters is 1. The van der Waals surface area contributed by atoms with Crippen molar-refractivity contribution in [3.63, 3.8) is 0 Å². The van der Waals surface area contributed by atoms with Gasteiger partial charge in [-0.05, 0) is 54.3 Å². The van der Waals surface area contributed by atoms with Gasteiger partial charge in [-0.1, -0.05) is 30.3 Å². The fourth-order valence-electron chi connectivity index (χ4n) is 2.56. The highest BCUT2D eigenvalue weighted by atomic mass is 32.2. The second-order valence-electron chi connectivity index (χ2n) is 5.94. The van der Waals surface area contributed by atoms with Crippen LogP contribution < -0.4 is 9.47 Å². The molecular formula is C22H17NO5S2. The van der Waals surface area contributed by atoms with Crippen molar-refractivity contribution in [1.29, 1.82) is 5.26 Å². The summed E-state index contributed by atoms with van der Waals surface area (Å²) in [7, 11) is -3.96. The topological polar surface area (TPSA) is 93.5 Å². The maximum Gasteiger partial charge on any atom is 0.353 e. The van der Waals surface area contributed by atoms with Crippen LogP contribution in [0.5, 0.6) is 11.5 Å². The number of carbonyl (C=O) groups excluding carboxylic acids is 1. The van der Waals surface area contributed by atoms with Gasteiger partial charge in [0.2, 0.25) is 9.84 Å². The summed E-state index contributed by atoms with van der Waals surface area (Å²) in [6.45, 7) is 2.08. The Kier molecular flexibility index (Phi) is 6.67. The molecule has 0 aliphatic carbocycles. The van der Waals surface area contributed by atoms with Crippen LogP contribution in [0.3, 0.4) is 0 Å². The highest BCUT2D eigenvalue weighted by molar-refractivity contribution is 7.95. The molecule has 6 nitrogen and oxygen atoms in total. The summed E-state index contributed by atoms with van der Waals surface area (Å²) in [5, 5.41) is 11.2. The Bertz CT molecular complexity index is 1210. The molecule has 2 aromatic carbocycles. The quantitative estimate of drug-likeness (QED) is 0.301. The number of hydrogen-bond donors (Lipinski definition) is 0. The normalized spacial score (nSPS) is 11.5. The lowest BCUT2D eigenvalue weighted by Crippen LogP contribution is -2.08. The van der Waals surface area contributed by atoms with Gasteiger partial charge in [-0.25, -0.2) is 13.2 Å². The molecule has 0 spiro atoms. The predicted molar refractivity (Wildman–Crippen MR) is 114 cm³/mol. The first-order valence-electron chi connectivity index (χ1n) is 8.90. The number of carbonyl (C=O) groups is 1. The zero-order valence-electron chi connectivity index (χ0n) is 15.9. The number of nitriles is 1. The van der Waals surface area contributed by atoms with Gasteiger partial charge < -0.3 is 9.47 Å². The number of rotatable bonds is 7. The zero-order valence-corrected chi connectivity index (χ0v) is 17.6. The fraction of sp³-hybridized carbons (Fsp3) is 0.0909. The first-order chi connectivity index (χ1) is 14.5. The molecular weight excluding hydrogens is 422 g/mol. The largest absolute Gasteiger partial charge is 0.490 e. The second-order valence-corrected chi connectivity index (χ2v) is 8.81. The molecule has 0 amide bonds. The van der Waals surface area contributed by atoms with Crippen molar-refractivity contribution < 1.29 is 22.7 Å². The number of nitrogens with zero attached hydrogens (tertiary/aromatic N) is 1. The van der Waals surface area contributed by atoms with Crippen LogP contribution in [0.25, 0.3) is 6.08 Å². The summed E-state index contributed by atoms with van der Waals surface area (Å²) in [5.74, 6) is -0.0407. The Morgan fingerprint density at radius 1 is 1.10 bits per heavy atom. The molecule has 0 saturated heterocycles.